The van der Waals surface area contributed by atoms with Crippen LogP contribution in [0.25, 0.3) is 10.1 Å². The minimum absolute atomic E-state index is 0.180. The number of thiophene rings is 1. The molecule has 1 amide bonds. The van der Waals surface area contributed by atoms with Gasteiger partial charge in [-0.3, -0.25) is 4.79 Å². The third-order valence-corrected chi connectivity index (χ3v) is 5.35. The molecule has 0 saturated carbocycles. The second kappa shape index (κ2) is 7.47. The predicted molar refractivity (Wildman–Crippen MR) is 101 cm³/mol. The van der Waals surface area contributed by atoms with Crippen LogP contribution in [0.1, 0.15) is 22.2 Å². The molecule has 6 nitrogen and oxygen atoms in total. The first-order valence-corrected chi connectivity index (χ1v) is 9.38. The van der Waals surface area contributed by atoms with Gasteiger partial charge < -0.3 is 19.5 Å². The Morgan fingerprint density at radius 1 is 1.21 bits per heavy atom. The number of hydrogen-bond acceptors (Lipinski definition) is 6. The van der Waals surface area contributed by atoms with Gasteiger partial charge in [0.25, 0.3) is 5.91 Å². The molecule has 1 aliphatic rings. The van der Waals surface area contributed by atoms with Gasteiger partial charge >= 0.3 is 5.97 Å². The van der Waals surface area contributed by atoms with Crippen molar-refractivity contribution in [2.75, 3.05) is 6.79 Å². The molecule has 2 heterocycles. The molecular formula is C20H16FNO5S. The van der Waals surface area contributed by atoms with Crippen LogP contribution in [-0.2, 0) is 16.1 Å². The van der Waals surface area contributed by atoms with Gasteiger partial charge in [0.05, 0.1) is 0 Å². The molecule has 1 atom stereocenters. The smallest absolute Gasteiger partial charge is 0.349 e. The third kappa shape index (κ3) is 3.63. The summed E-state index contributed by atoms with van der Waals surface area (Å²) in [4.78, 5) is 24.8. The fourth-order valence-electron chi connectivity index (χ4n) is 2.78. The normalized spacial score (nSPS) is 13.4. The van der Waals surface area contributed by atoms with Crippen molar-refractivity contribution >= 4 is 33.3 Å². The van der Waals surface area contributed by atoms with Gasteiger partial charge in [0.2, 0.25) is 6.79 Å². The van der Waals surface area contributed by atoms with Crippen LogP contribution in [0.3, 0.4) is 0 Å². The fourth-order valence-corrected chi connectivity index (χ4v) is 3.74. The molecule has 3 aromatic rings. The zero-order valence-corrected chi connectivity index (χ0v) is 15.7. The molecule has 0 aliphatic carbocycles. The van der Waals surface area contributed by atoms with Crippen LogP contribution in [0.4, 0.5) is 4.39 Å². The zero-order chi connectivity index (χ0) is 19.7. The summed E-state index contributed by atoms with van der Waals surface area (Å²) in [6.45, 7) is 1.92. The predicted octanol–water partition coefficient (Wildman–Crippen LogP) is 3.63. The first kappa shape index (κ1) is 18.2. The zero-order valence-electron chi connectivity index (χ0n) is 14.9. The summed E-state index contributed by atoms with van der Waals surface area (Å²) in [5.41, 5.74) is 0.830. The highest BCUT2D eigenvalue weighted by atomic mass is 32.1. The first-order valence-electron chi connectivity index (χ1n) is 8.56. The Kier molecular flexibility index (Phi) is 4.87. The average molecular weight is 401 g/mol. The molecule has 144 valence electrons. The number of rotatable bonds is 5. The van der Waals surface area contributed by atoms with E-state index in [1.165, 1.54) is 19.1 Å². The van der Waals surface area contributed by atoms with Crippen molar-refractivity contribution in [2.24, 2.45) is 0 Å². The number of carbonyl (C=O) groups is 2. The molecule has 0 fully saturated rings. The molecule has 0 unspecified atom stereocenters. The summed E-state index contributed by atoms with van der Waals surface area (Å²) in [6, 6.07) is 11.4. The Morgan fingerprint density at radius 2 is 2.04 bits per heavy atom. The highest BCUT2D eigenvalue weighted by molar-refractivity contribution is 7.20. The standard InChI is InChI=1S/C20H16FNO5S/c1-11(19(23)22-9-12-5-6-15-16(7-12)26-10-25-15)27-20(24)18-8-13-14(21)3-2-4-17(13)28-18/h2-8,11H,9-10H2,1H3,(H,22,23)/t11-/m1/s1. The molecule has 0 saturated heterocycles. The minimum Gasteiger partial charge on any atom is -0.454 e. The van der Waals surface area contributed by atoms with Gasteiger partial charge in [-0.05, 0) is 42.8 Å². The Bertz CT molecular complexity index is 1060. The molecule has 0 bridgehead atoms. The van der Waals surface area contributed by atoms with Gasteiger partial charge in [0.1, 0.15) is 10.7 Å². The van der Waals surface area contributed by atoms with E-state index in [0.29, 0.717) is 21.6 Å². The number of benzene rings is 2. The van der Waals surface area contributed by atoms with E-state index in [0.717, 1.165) is 16.9 Å². The van der Waals surface area contributed by atoms with E-state index in [2.05, 4.69) is 5.32 Å². The Morgan fingerprint density at radius 3 is 2.86 bits per heavy atom. The van der Waals surface area contributed by atoms with Crippen molar-refractivity contribution in [2.45, 2.75) is 19.6 Å². The van der Waals surface area contributed by atoms with Crippen molar-refractivity contribution in [3.8, 4) is 11.5 Å². The lowest BCUT2D eigenvalue weighted by atomic mass is 10.2. The summed E-state index contributed by atoms with van der Waals surface area (Å²) in [5.74, 6) is -0.202. The van der Waals surface area contributed by atoms with Crippen LogP contribution < -0.4 is 14.8 Å². The van der Waals surface area contributed by atoms with Crippen LogP contribution in [0, 0.1) is 5.82 Å². The van der Waals surface area contributed by atoms with Gasteiger partial charge in [-0.2, -0.15) is 0 Å². The molecule has 0 spiro atoms. The topological polar surface area (TPSA) is 73.9 Å². The Hall–Kier alpha value is -3.13. The van der Waals surface area contributed by atoms with E-state index in [1.54, 1.807) is 24.3 Å². The Labute approximate surface area is 163 Å². The average Bonchev–Trinajstić information content (AvgIpc) is 3.33. The number of carbonyl (C=O) groups excluding carboxylic acids is 2. The third-order valence-electron chi connectivity index (χ3n) is 4.27. The summed E-state index contributed by atoms with van der Waals surface area (Å²) in [7, 11) is 0. The number of amides is 1. The molecule has 4 rings (SSSR count). The lowest BCUT2D eigenvalue weighted by Crippen LogP contribution is -2.35. The molecule has 1 N–H and O–H groups in total. The summed E-state index contributed by atoms with van der Waals surface area (Å²) < 4.78 is 30.2. The lowest BCUT2D eigenvalue weighted by Gasteiger charge is -2.13. The van der Waals surface area contributed by atoms with Crippen LogP contribution >= 0.6 is 11.3 Å². The van der Waals surface area contributed by atoms with Gasteiger partial charge in [-0.15, -0.1) is 11.3 Å². The second-order valence-corrected chi connectivity index (χ2v) is 7.30. The maximum Gasteiger partial charge on any atom is 0.349 e. The largest absolute Gasteiger partial charge is 0.454 e. The SMILES string of the molecule is C[C@@H](OC(=O)c1cc2c(F)cccc2s1)C(=O)NCc1ccc2c(c1)OCO2. The van der Waals surface area contributed by atoms with Crippen molar-refractivity contribution in [3.05, 3.63) is 58.7 Å². The fraction of sp³-hybridized carbons (Fsp3) is 0.200. The molecule has 1 aliphatic heterocycles. The van der Waals surface area contributed by atoms with Crippen LogP contribution in [0.2, 0.25) is 0 Å². The summed E-state index contributed by atoms with van der Waals surface area (Å²) >= 11 is 1.12. The first-order chi connectivity index (χ1) is 13.5. The number of esters is 1. The summed E-state index contributed by atoms with van der Waals surface area (Å²) in [6.07, 6.45) is -0.989. The van der Waals surface area contributed by atoms with E-state index >= 15 is 0 Å². The van der Waals surface area contributed by atoms with Gasteiger partial charge in [0, 0.05) is 16.6 Å². The highest BCUT2D eigenvalue weighted by Crippen LogP contribution is 2.32. The Balaban J connectivity index is 1.35. The number of nitrogens with one attached hydrogen (secondary N) is 1. The second-order valence-electron chi connectivity index (χ2n) is 6.22. The molecule has 28 heavy (non-hydrogen) atoms. The van der Waals surface area contributed by atoms with Crippen LogP contribution in [0.5, 0.6) is 11.5 Å². The molecular weight excluding hydrogens is 385 g/mol. The van der Waals surface area contributed by atoms with E-state index in [4.69, 9.17) is 14.2 Å². The van der Waals surface area contributed by atoms with Gasteiger partial charge in [-0.25, -0.2) is 9.18 Å². The summed E-state index contributed by atoms with van der Waals surface area (Å²) in [5, 5.41) is 3.07. The van der Waals surface area contributed by atoms with E-state index in [-0.39, 0.29) is 18.2 Å². The van der Waals surface area contributed by atoms with Crippen molar-refractivity contribution in [1.82, 2.24) is 5.32 Å². The van der Waals surface area contributed by atoms with Gasteiger partial charge in [-0.1, -0.05) is 12.1 Å². The number of ether oxygens (including phenoxy) is 3. The van der Waals surface area contributed by atoms with E-state index in [9.17, 15) is 14.0 Å². The molecule has 0 radical (unpaired) electrons. The molecule has 2 aromatic carbocycles. The van der Waals surface area contributed by atoms with Crippen molar-refractivity contribution < 1.29 is 28.2 Å². The lowest BCUT2D eigenvalue weighted by molar-refractivity contribution is -0.129. The number of fused-ring (bicyclic) bond motifs is 2. The van der Waals surface area contributed by atoms with Crippen molar-refractivity contribution in [1.29, 1.82) is 0 Å². The molecule has 1 aromatic heterocycles. The minimum atomic E-state index is -0.989. The highest BCUT2D eigenvalue weighted by Gasteiger charge is 2.21. The number of hydrogen-bond donors (Lipinski definition) is 1. The van der Waals surface area contributed by atoms with E-state index in [1.807, 2.05) is 6.07 Å². The molecule has 8 heteroatoms. The van der Waals surface area contributed by atoms with Crippen molar-refractivity contribution in [3.63, 3.8) is 0 Å². The van der Waals surface area contributed by atoms with Crippen LogP contribution in [-0.4, -0.2) is 24.8 Å². The maximum atomic E-state index is 13.8. The monoisotopic (exact) mass is 401 g/mol. The number of halogens is 1. The van der Waals surface area contributed by atoms with Crippen LogP contribution in [0.15, 0.2) is 42.5 Å². The van der Waals surface area contributed by atoms with Gasteiger partial charge in [0.15, 0.2) is 17.6 Å². The quantitative estimate of drug-likeness (QED) is 0.661. The maximum absolute atomic E-state index is 13.8. The van der Waals surface area contributed by atoms with E-state index < -0.39 is 23.8 Å².